The lowest BCUT2D eigenvalue weighted by atomic mass is 9.85. The van der Waals surface area contributed by atoms with Crippen LogP contribution in [0.15, 0.2) is 119 Å². The maximum absolute atomic E-state index is 5.08. The minimum absolute atomic E-state index is 0.00237. The van der Waals surface area contributed by atoms with Crippen LogP contribution in [0, 0.1) is 0 Å². The number of pyridine rings is 2. The lowest BCUT2D eigenvalue weighted by Crippen LogP contribution is -2.36. The van der Waals surface area contributed by atoms with Crippen LogP contribution in [0.4, 0.5) is 0 Å². The fraction of sp³-hybridized carbons (Fsp3) is 0.273. The topological polar surface area (TPSA) is 50.5 Å². The molecule has 4 heterocycles. The summed E-state index contributed by atoms with van der Waals surface area (Å²) in [6.45, 7) is 17.9. The van der Waals surface area contributed by atoms with Gasteiger partial charge in [0.05, 0.1) is 22.5 Å². The summed E-state index contributed by atoms with van der Waals surface area (Å²) >= 11 is 3.63. The number of aliphatic imine (C=N–C) groups is 2. The van der Waals surface area contributed by atoms with Crippen molar-refractivity contribution < 1.29 is 0 Å². The predicted molar refractivity (Wildman–Crippen MR) is 218 cm³/mol. The van der Waals surface area contributed by atoms with Gasteiger partial charge in [-0.15, -0.1) is 0 Å². The number of fused-ring (bicyclic) bond motifs is 2. The second-order valence-corrected chi connectivity index (χ2v) is 18.7. The average molecular weight is 691 g/mol. The number of thioether (sulfide) groups is 2. The van der Waals surface area contributed by atoms with Crippen molar-refractivity contribution in [3.8, 4) is 33.4 Å². The number of nitrogens with zero attached hydrogens (tertiary/aromatic N) is 4. The molecule has 0 radical (unpaired) electrons. The molecule has 2 aliphatic rings. The summed E-state index contributed by atoms with van der Waals surface area (Å²) in [5.74, 6) is 0. The molecule has 0 spiro atoms. The second kappa shape index (κ2) is 11.6. The van der Waals surface area contributed by atoms with E-state index in [2.05, 4.69) is 152 Å². The van der Waals surface area contributed by atoms with E-state index in [1.807, 2.05) is 35.9 Å². The van der Waals surface area contributed by atoms with Crippen molar-refractivity contribution >= 4 is 55.2 Å². The largest absolute Gasteiger partial charge is 0.269 e. The van der Waals surface area contributed by atoms with E-state index in [1.54, 1.807) is 0 Å². The molecule has 4 nitrogen and oxygen atoms in total. The van der Waals surface area contributed by atoms with Crippen LogP contribution in [0.2, 0.25) is 0 Å². The van der Waals surface area contributed by atoms with Gasteiger partial charge in [-0.2, -0.15) is 0 Å². The van der Waals surface area contributed by atoms with E-state index in [0.717, 1.165) is 32.6 Å². The summed E-state index contributed by atoms with van der Waals surface area (Å²) in [6.07, 6.45) is 4.06. The van der Waals surface area contributed by atoms with Gasteiger partial charge in [0, 0.05) is 33.0 Å². The highest BCUT2D eigenvalue weighted by Gasteiger charge is 2.45. The molecule has 250 valence electrons. The van der Waals surface area contributed by atoms with Gasteiger partial charge in [0.15, 0.2) is 0 Å². The molecule has 0 aliphatic carbocycles. The monoisotopic (exact) mass is 690 g/mol. The molecule has 0 bridgehead atoms. The van der Waals surface area contributed by atoms with Crippen LogP contribution in [0.25, 0.3) is 54.9 Å². The van der Waals surface area contributed by atoms with Gasteiger partial charge in [-0.3, -0.25) is 20.0 Å². The van der Waals surface area contributed by atoms with Crippen LogP contribution < -0.4 is 0 Å². The highest BCUT2D eigenvalue weighted by Crippen LogP contribution is 2.49. The number of benzene rings is 4. The standard InChI is InChI=1S/C44H42N4S2/c1-41(2)43(5,6)49-39(47-41)35-22-19-29(25-45-35)37-31-16-12-13-17-32(31)38(34-24-28(18-21-33(34)37)27-14-10-9-11-15-27)30-20-23-36(46-26-30)40-48-42(3,4)44(7,8)50-40/h9-26H,1-8H3. The first-order valence-electron chi connectivity index (χ1n) is 17.3. The summed E-state index contributed by atoms with van der Waals surface area (Å²) in [6, 6.07) is 35.0. The molecule has 0 saturated carbocycles. The van der Waals surface area contributed by atoms with Crippen LogP contribution >= 0.6 is 23.5 Å². The van der Waals surface area contributed by atoms with Crippen molar-refractivity contribution in [2.45, 2.75) is 76.0 Å². The quantitative estimate of drug-likeness (QED) is 0.169. The summed E-state index contributed by atoms with van der Waals surface area (Å²) in [5, 5.41) is 6.77. The van der Waals surface area contributed by atoms with E-state index in [9.17, 15) is 0 Å². The molecule has 0 N–H and O–H groups in total. The Morgan fingerprint density at radius 2 is 0.860 bits per heavy atom. The Kier molecular flexibility index (Phi) is 7.67. The summed E-state index contributed by atoms with van der Waals surface area (Å²) in [4.78, 5) is 20.2. The van der Waals surface area contributed by atoms with E-state index in [0.29, 0.717) is 0 Å². The molecule has 0 amide bonds. The lowest BCUT2D eigenvalue weighted by Gasteiger charge is -2.30. The molecule has 6 aromatic rings. The minimum atomic E-state index is -0.160. The highest BCUT2D eigenvalue weighted by atomic mass is 32.2. The van der Waals surface area contributed by atoms with Crippen molar-refractivity contribution in [2.24, 2.45) is 9.98 Å². The van der Waals surface area contributed by atoms with E-state index < -0.39 is 0 Å². The number of rotatable bonds is 5. The molecule has 0 unspecified atom stereocenters. The van der Waals surface area contributed by atoms with Crippen LogP contribution in [0.1, 0.15) is 66.8 Å². The van der Waals surface area contributed by atoms with E-state index in [4.69, 9.17) is 20.0 Å². The van der Waals surface area contributed by atoms with Crippen LogP contribution in [0.5, 0.6) is 0 Å². The third-order valence-corrected chi connectivity index (χ3v) is 14.1. The van der Waals surface area contributed by atoms with Crippen molar-refractivity contribution in [1.82, 2.24) is 9.97 Å². The maximum atomic E-state index is 5.08. The average Bonchev–Trinajstić information content (AvgIpc) is 3.46. The highest BCUT2D eigenvalue weighted by molar-refractivity contribution is 8.16. The van der Waals surface area contributed by atoms with Gasteiger partial charge in [-0.05, 0) is 117 Å². The third-order valence-electron chi connectivity index (χ3n) is 11.1. The maximum Gasteiger partial charge on any atom is 0.117 e. The van der Waals surface area contributed by atoms with Gasteiger partial charge in [0.1, 0.15) is 10.1 Å². The summed E-state index contributed by atoms with van der Waals surface area (Å²) in [5.41, 5.74) is 8.46. The summed E-state index contributed by atoms with van der Waals surface area (Å²) in [7, 11) is 0. The molecule has 0 fully saturated rings. The molecule has 2 aromatic heterocycles. The first kappa shape index (κ1) is 32.9. The number of hydrogen-bond donors (Lipinski definition) is 0. The zero-order valence-electron chi connectivity index (χ0n) is 30.0. The fourth-order valence-electron chi connectivity index (χ4n) is 6.72. The molecule has 6 heteroatoms. The van der Waals surface area contributed by atoms with E-state index in [-0.39, 0.29) is 20.6 Å². The van der Waals surface area contributed by atoms with E-state index >= 15 is 0 Å². The van der Waals surface area contributed by atoms with Gasteiger partial charge < -0.3 is 0 Å². The van der Waals surface area contributed by atoms with Crippen LogP contribution in [-0.2, 0) is 0 Å². The number of hydrogen-bond acceptors (Lipinski definition) is 6. The van der Waals surface area contributed by atoms with Crippen molar-refractivity contribution in [3.05, 3.63) is 121 Å². The molecule has 2 aliphatic heterocycles. The smallest absolute Gasteiger partial charge is 0.117 e. The van der Waals surface area contributed by atoms with Gasteiger partial charge in [-0.1, -0.05) is 102 Å². The molecule has 0 atom stereocenters. The van der Waals surface area contributed by atoms with Crippen molar-refractivity contribution in [3.63, 3.8) is 0 Å². The Bertz CT molecular complexity index is 2350. The zero-order chi connectivity index (χ0) is 35.1. The predicted octanol–water partition coefficient (Wildman–Crippen LogP) is 11.9. The fourth-order valence-corrected chi connectivity index (χ4v) is 9.28. The Balaban J connectivity index is 1.31. The van der Waals surface area contributed by atoms with Crippen molar-refractivity contribution in [1.29, 1.82) is 0 Å². The molecular weight excluding hydrogens is 649 g/mol. The van der Waals surface area contributed by atoms with Gasteiger partial charge >= 0.3 is 0 Å². The van der Waals surface area contributed by atoms with Gasteiger partial charge in [-0.25, -0.2) is 0 Å². The molecule has 4 aromatic carbocycles. The molecule has 8 rings (SSSR count). The molecule has 0 saturated heterocycles. The molecular formula is C44H42N4S2. The van der Waals surface area contributed by atoms with Crippen molar-refractivity contribution in [2.75, 3.05) is 0 Å². The first-order valence-corrected chi connectivity index (χ1v) is 18.9. The van der Waals surface area contributed by atoms with Gasteiger partial charge in [0.2, 0.25) is 0 Å². The third kappa shape index (κ3) is 5.39. The van der Waals surface area contributed by atoms with E-state index in [1.165, 1.54) is 43.8 Å². The minimum Gasteiger partial charge on any atom is -0.269 e. The Labute approximate surface area is 304 Å². The van der Waals surface area contributed by atoms with Crippen LogP contribution in [-0.4, -0.2) is 40.6 Å². The Morgan fingerprint density at radius 3 is 1.30 bits per heavy atom. The second-order valence-electron chi connectivity index (χ2n) is 15.5. The zero-order valence-corrected chi connectivity index (χ0v) is 31.6. The summed E-state index contributed by atoms with van der Waals surface area (Å²) < 4.78 is 0.00735. The SMILES string of the molecule is CC1(C)N=C(c2ccc(-c3c4ccccc4c(-c4ccc(C5=NC(C)(C)C(C)(C)S5)nc4)c4cc(-c5ccccc5)ccc34)cn2)SC1(C)C. The Morgan fingerprint density at radius 1 is 0.420 bits per heavy atom. The molecule has 50 heavy (non-hydrogen) atoms. The lowest BCUT2D eigenvalue weighted by molar-refractivity contribution is 0.426. The number of aromatic nitrogens is 2. The first-order chi connectivity index (χ1) is 23.7. The Hall–Kier alpha value is -4.26. The van der Waals surface area contributed by atoms with Crippen LogP contribution in [0.3, 0.4) is 0 Å². The normalized spacial score (nSPS) is 18.7. The van der Waals surface area contributed by atoms with Gasteiger partial charge in [0.25, 0.3) is 0 Å².